The van der Waals surface area contributed by atoms with Crippen molar-refractivity contribution in [3.05, 3.63) is 0 Å². The molecule has 1 N–H and O–H groups in total. The van der Waals surface area contributed by atoms with Crippen molar-refractivity contribution in [3.63, 3.8) is 0 Å². The van der Waals surface area contributed by atoms with Crippen molar-refractivity contribution in [1.82, 2.24) is 10.2 Å². The van der Waals surface area contributed by atoms with E-state index in [1.807, 2.05) is 18.7 Å². The van der Waals surface area contributed by atoms with Crippen molar-refractivity contribution >= 4 is 11.8 Å². The molecule has 2 unspecified atom stereocenters. The third-order valence-electron chi connectivity index (χ3n) is 5.19. The maximum absolute atomic E-state index is 12.8. The monoisotopic (exact) mass is 264 g/mol. The number of piperazine rings is 1. The van der Waals surface area contributed by atoms with Crippen LogP contribution >= 0.6 is 0 Å². The molecule has 0 spiro atoms. The summed E-state index contributed by atoms with van der Waals surface area (Å²) in [4.78, 5) is 27.1. The Hall–Kier alpha value is -1.06. The molecular formula is C15H24N2O2. The Morgan fingerprint density at radius 3 is 2.42 bits per heavy atom. The second-order valence-electron chi connectivity index (χ2n) is 6.71. The zero-order chi connectivity index (χ0) is 13.6. The van der Waals surface area contributed by atoms with E-state index in [0.29, 0.717) is 18.3 Å². The fraction of sp³-hybridized carbons (Fsp3) is 0.867. The molecule has 1 aliphatic heterocycles. The highest BCUT2D eigenvalue weighted by molar-refractivity contribution is 5.99. The highest BCUT2D eigenvalue weighted by atomic mass is 16.2. The van der Waals surface area contributed by atoms with Gasteiger partial charge in [-0.15, -0.1) is 0 Å². The molecule has 0 aromatic heterocycles. The summed E-state index contributed by atoms with van der Waals surface area (Å²) < 4.78 is 0. The molecule has 3 aliphatic rings. The van der Waals surface area contributed by atoms with E-state index in [2.05, 4.69) is 5.32 Å². The smallest absolute Gasteiger partial charge is 0.248 e. The van der Waals surface area contributed by atoms with Crippen LogP contribution in [0.1, 0.15) is 52.4 Å². The fourth-order valence-corrected chi connectivity index (χ4v) is 3.25. The summed E-state index contributed by atoms with van der Waals surface area (Å²) in [5.41, 5.74) is -0.688. The molecule has 0 radical (unpaired) electrons. The van der Waals surface area contributed by atoms with Gasteiger partial charge in [0.05, 0.1) is 0 Å². The summed E-state index contributed by atoms with van der Waals surface area (Å²) in [6, 6.07) is -0.187. The molecule has 3 rings (SSSR count). The van der Waals surface area contributed by atoms with Gasteiger partial charge in [-0.25, -0.2) is 0 Å². The zero-order valence-electron chi connectivity index (χ0n) is 11.9. The molecule has 1 heterocycles. The maximum Gasteiger partial charge on any atom is 0.248 e. The van der Waals surface area contributed by atoms with E-state index in [1.54, 1.807) is 0 Å². The van der Waals surface area contributed by atoms with Crippen LogP contribution in [0.15, 0.2) is 0 Å². The number of carbonyl (C=O) groups is 2. The Bertz CT molecular complexity index is 401. The molecule has 3 fully saturated rings. The molecule has 19 heavy (non-hydrogen) atoms. The highest BCUT2D eigenvalue weighted by Gasteiger charge is 2.52. The van der Waals surface area contributed by atoms with Crippen LogP contribution in [0.25, 0.3) is 0 Å². The Kier molecular flexibility index (Phi) is 3.06. The number of hydrogen-bond donors (Lipinski definition) is 1. The summed E-state index contributed by atoms with van der Waals surface area (Å²) in [7, 11) is 0. The number of carbonyl (C=O) groups excluding carboxylic acids is 2. The third kappa shape index (κ3) is 2.15. The quantitative estimate of drug-likeness (QED) is 0.840. The highest BCUT2D eigenvalue weighted by Crippen LogP contribution is 2.40. The van der Waals surface area contributed by atoms with Gasteiger partial charge in [0.25, 0.3) is 0 Å². The van der Waals surface area contributed by atoms with Crippen molar-refractivity contribution in [2.45, 2.75) is 64.0 Å². The first-order chi connectivity index (χ1) is 9.05. The average Bonchev–Trinajstić information content (AvgIpc) is 3.13. The normalized spacial score (nSPS) is 36.1. The van der Waals surface area contributed by atoms with Crippen LogP contribution < -0.4 is 5.32 Å². The number of rotatable bonds is 4. The molecule has 0 aromatic rings. The molecular weight excluding hydrogens is 240 g/mol. The maximum atomic E-state index is 12.8. The van der Waals surface area contributed by atoms with Crippen molar-refractivity contribution in [3.8, 4) is 0 Å². The topological polar surface area (TPSA) is 49.4 Å². The van der Waals surface area contributed by atoms with Gasteiger partial charge < -0.3 is 10.2 Å². The van der Waals surface area contributed by atoms with E-state index >= 15 is 0 Å². The van der Waals surface area contributed by atoms with Gasteiger partial charge in [-0.05, 0) is 50.9 Å². The molecule has 0 bridgehead atoms. The molecule has 4 nitrogen and oxygen atoms in total. The first kappa shape index (κ1) is 12.9. The molecule has 2 amide bonds. The Morgan fingerprint density at radius 1 is 1.26 bits per heavy atom. The van der Waals surface area contributed by atoms with E-state index in [4.69, 9.17) is 0 Å². The lowest BCUT2D eigenvalue weighted by Crippen LogP contribution is -2.70. The summed E-state index contributed by atoms with van der Waals surface area (Å²) in [5, 5.41) is 2.97. The largest absolute Gasteiger partial charge is 0.340 e. The van der Waals surface area contributed by atoms with Crippen LogP contribution in [0.5, 0.6) is 0 Å². The van der Waals surface area contributed by atoms with Crippen LogP contribution in [-0.4, -0.2) is 34.8 Å². The zero-order valence-corrected chi connectivity index (χ0v) is 11.9. The minimum Gasteiger partial charge on any atom is -0.340 e. The first-order valence-electron chi connectivity index (χ1n) is 7.68. The lowest BCUT2D eigenvalue weighted by Gasteiger charge is -2.46. The Labute approximate surface area is 114 Å². The molecule has 106 valence electrons. The van der Waals surface area contributed by atoms with Gasteiger partial charge in [0, 0.05) is 6.54 Å². The average molecular weight is 264 g/mol. The second kappa shape index (κ2) is 4.50. The van der Waals surface area contributed by atoms with Crippen LogP contribution in [0, 0.1) is 11.8 Å². The van der Waals surface area contributed by atoms with Gasteiger partial charge in [-0.3, -0.25) is 9.59 Å². The van der Waals surface area contributed by atoms with Crippen LogP contribution in [-0.2, 0) is 9.59 Å². The van der Waals surface area contributed by atoms with E-state index in [1.165, 1.54) is 19.3 Å². The molecule has 2 aliphatic carbocycles. The lowest BCUT2D eigenvalue weighted by atomic mass is 9.83. The van der Waals surface area contributed by atoms with Crippen molar-refractivity contribution < 1.29 is 9.59 Å². The van der Waals surface area contributed by atoms with E-state index in [0.717, 1.165) is 19.4 Å². The molecule has 2 atom stereocenters. The van der Waals surface area contributed by atoms with Crippen LogP contribution in [0.4, 0.5) is 0 Å². The Balaban J connectivity index is 1.83. The first-order valence-corrected chi connectivity index (χ1v) is 7.68. The third-order valence-corrected chi connectivity index (χ3v) is 5.19. The Morgan fingerprint density at radius 2 is 1.95 bits per heavy atom. The van der Waals surface area contributed by atoms with Crippen molar-refractivity contribution in [1.29, 1.82) is 0 Å². The van der Waals surface area contributed by atoms with Crippen molar-refractivity contribution in [2.75, 3.05) is 6.54 Å². The molecule has 4 heteroatoms. The van der Waals surface area contributed by atoms with Gasteiger partial charge >= 0.3 is 0 Å². The van der Waals surface area contributed by atoms with Gasteiger partial charge in [0.1, 0.15) is 11.6 Å². The predicted molar refractivity (Wildman–Crippen MR) is 72.4 cm³/mol. The standard InChI is InChI=1S/C15H24N2O2/c1-3-15(2)14(19)17(9-10-5-4-6-10)12(11-7-8-11)13(18)16-15/h10-12H,3-9H2,1-2H3,(H,16,18). The summed E-state index contributed by atoms with van der Waals surface area (Å²) in [6.45, 7) is 4.63. The fourth-order valence-electron chi connectivity index (χ4n) is 3.25. The van der Waals surface area contributed by atoms with Gasteiger partial charge in [-0.1, -0.05) is 13.3 Å². The van der Waals surface area contributed by atoms with Crippen LogP contribution in [0.3, 0.4) is 0 Å². The summed E-state index contributed by atoms with van der Waals surface area (Å²) in [6.07, 6.45) is 6.55. The second-order valence-corrected chi connectivity index (χ2v) is 6.71. The van der Waals surface area contributed by atoms with E-state index in [-0.39, 0.29) is 17.9 Å². The summed E-state index contributed by atoms with van der Waals surface area (Å²) >= 11 is 0. The molecule has 0 aromatic carbocycles. The van der Waals surface area contributed by atoms with Gasteiger partial charge in [0.2, 0.25) is 11.8 Å². The number of hydrogen-bond acceptors (Lipinski definition) is 2. The number of nitrogens with zero attached hydrogens (tertiary/aromatic N) is 1. The number of nitrogens with one attached hydrogen (secondary N) is 1. The van der Waals surface area contributed by atoms with Crippen LogP contribution in [0.2, 0.25) is 0 Å². The summed E-state index contributed by atoms with van der Waals surface area (Å²) in [5.74, 6) is 1.24. The minimum atomic E-state index is -0.688. The SMILES string of the molecule is CCC1(C)NC(=O)C(C2CC2)N(CC2CCC2)C1=O. The molecule has 1 saturated heterocycles. The number of amides is 2. The van der Waals surface area contributed by atoms with Gasteiger partial charge in [-0.2, -0.15) is 0 Å². The predicted octanol–water partition coefficient (Wildman–Crippen LogP) is 1.69. The lowest BCUT2D eigenvalue weighted by molar-refractivity contribution is -0.156. The van der Waals surface area contributed by atoms with Gasteiger partial charge in [0.15, 0.2) is 0 Å². The minimum absolute atomic E-state index is 0.0748. The van der Waals surface area contributed by atoms with E-state index < -0.39 is 5.54 Å². The van der Waals surface area contributed by atoms with Crippen molar-refractivity contribution in [2.24, 2.45) is 11.8 Å². The molecule has 2 saturated carbocycles. The van der Waals surface area contributed by atoms with E-state index in [9.17, 15) is 9.59 Å².